The Balaban J connectivity index is 1.69. The molecule has 1 aliphatic carbocycles. The molecule has 3 unspecified atom stereocenters. The maximum atomic E-state index is 5.90. The molecule has 0 aromatic carbocycles. The van der Waals surface area contributed by atoms with Crippen molar-refractivity contribution < 1.29 is 9.15 Å². The topological polar surface area (TPSA) is 34.4 Å². The first-order valence-corrected chi connectivity index (χ1v) is 5.82. The van der Waals surface area contributed by atoms with Crippen LogP contribution in [-0.4, -0.2) is 19.2 Å². The van der Waals surface area contributed by atoms with Gasteiger partial charge in [0.15, 0.2) is 0 Å². The van der Waals surface area contributed by atoms with Crippen molar-refractivity contribution in [3.8, 4) is 0 Å². The molecule has 1 aromatic rings. The summed E-state index contributed by atoms with van der Waals surface area (Å²) in [5.74, 6) is 1.66. The van der Waals surface area contributed by atoms with Crippen molar-refractivity contribution in [3.63, 3.8) is 0 Å². The van der Waals surface area contributed by atoms with Crippen LogP contribution in [0.15, 0.2) is 22.8 Å². The van der Waals surface area contributed by atoms with Gasteiger partial charge in [0.1, 0.15) is 11.9 Å². The lowest BCUT2D eigenvalue weighted by molar-refractivity contribution is 0.0340. The second-order valence-electron chi connectivity index (χ2n) is 4.54. The Morgan fingerprint density at radius 2 is 2.33 bits per heavy atom. The van der Waals surface area contributed by atoms with Gasteiger partial charge in [0.05, 0.1) is 12.9 Å². The summed E-state index contributed by atoms with van der Waals surface area (Å²) < 4.78 is 11.3. The van der Waals surface area contributed by atoms with Gasteiger partial charge in [-0.15, -0.1) is 0 Å². The molecule has 3 atom stereocenters. The molecule has 82 valence electrons. The van der Waals surface area contributed by atoms with Crippen molar-refractivity contribution in [2.75, 3.05) is 13.2 Å². The predicted molar refractivity (Wildman–Crippen MR) is 56.5 cm³/mol. The van der Waals surface area contributed by atoms with Gasteiger partial charge >= 0.3 is 0 Å². The SMILES string of the molecule is c1coc(C2CNC3CCCC3CO2)c1. The van der Waals surface area contributed by atoms with Crippen LogP contribution in [-0.2, 0) is 4.74 Å². The van der Waals surface area contributed by atoms with Crippen molar-refractivity contribution in [2.24, 2.45) is 5.92 Å². The van der Waals surface area contributed by atoms with E-state index in [-0.39, 0.29) is 6.10 Å². The fourth-order valence-corrected chi connectivity index (χ4v) is 2.72. The Kier molecular flexibility index (Phi) is 2.51. The first-order valence-electron chi connectivity index (χ1n) is 5.82. The van der Waals surface area contributed by atoms with E-state index in [1.54, 1.807) is 6.26 Å². The second-order valence-corrected chi connectivity index (χ2v) is 4.54. The van der Waals surface area contributed by atoms with E-state index in [0.29, 0.717) is 12.0 Å². The summed E-state index contributed by atoms with van der Waals surface area (Å²) in [5.41, 5.74) is 0. The van der Waals surface area contributed by atoms with E-state index in [4.69, 9.17) is 9.15 Å². The number of furan rings is 1. The minimum atomic E-state index is 0.102. The molecule has 15 heavy (non-hydrogen) atoms. The molecule has 1 saturated carbocycles. The van der Waals surface area contributed by atoms with Crippen LogP contribution in [0.1, 0.15) is 31.1 Å². The van der Waals surface area contributed by atoms with Crippen molar-refractivity contribution in [1.29, 1.82) is 0 Å². The number of ether oxygens (including phenoxy) is 1. The number of fused-ring (bicyclic) bond motifs is 1. The molecule has 1 aromatic heterocycles. The zero-order chi connectivity index (χ0) is 10.1. The Labute approximate surface area is 89.8 Å². The quantitative estimate of drug-likeness (QED) is 0.766. The maximum Gasteiger partial charge on any atom is 0.133 e. The molecule has 1 N–H and O–H groups in total. The summed E-state index contributed by atoms with van der Waals surface area (Å²) in [5, 5.41) is 3.60. The summed E-state index contributed by atoms with van der Waals surface area (Å²) in [4.78, 5) is 0. The summed E-state index contributed by atoms with van der Waals surface area (Å²) >= 11 is 0. The van der Waals surface area contributed by atoms with Crippen LogP contribution in [0.4, 0.5) is 0 Å². The van der Waals surface area contributed by atoms with Gasteiger partial charge < -0.3 is 14.5 Å². The molecule has 3 rings (SSSR count). The highest BCUT2D eigenvalue weighted by Gasteiger charge is 2.32. The zero-order valence-corrected chi connectivity index (χ0v) is 8.82. The van der Waals surface area contributed by atoms with E-state index in [9.17, 15) is 0 Å². The van der Waals surface area contributed by atoms with Crippen molar-refractivity contribution in [2.45, 2.75) is 31.4 Å². The average molecular weight is 207 g/mol. The minimum absolute atomic E-state index is 0.102. The molecule has 0 spiro atoms. The summed E-state index contributed by atoms with van der Waals surface area (Å²) in [7, 11) is 0. The van der Waals surface area contributed by atoms with Gasteiger partial charge in [-0.25, -0.2) is 0 Å². The summed E-state index contributed by atoms with van der Waals surface area (Å²) in [6, 6.07) is 4.59. The molecule has 2 fully saturated rings. The van der Waals surface area contributed by atoms with Gasteiger partial charge in [-0.1, -0.05) is 6.42 Å². The van der Waals surface area contributed by atoms with Crippen LogP contribution in [0.3, 0.4) is 0 Å². The zero-order valence-electron chi connectivity index (χ0n) is 8.82. The van der Waals surface area contributed by atoms with Crippen molar-refractivity contribution >= 4 is 0 Å². The third-order valence-corrected chi connectivity index (χ3v) is 3.60. The van der Waals surface area contributed by atoms with Crippen LogP contribution >= 0.6 is 0 Å². The normalized spacial score (nSPS) is 36.1. The number of hydrogen-bond acceptors (Lipinski definition) is 3. The fourth-order valence-electron chi connectivity index (χ4n) is 2.72. The lowest BCUT2D eigenvalue weighted by Gasteiger charge is -2.14. The predicted octanol–water partition coefficient (Wildman–Crippen LogP) is 2.11. The van der Waals surface area contributed by atoms with Gasteiger partial charge in [-0.2, -0.15) is 0 Å². The van der Waals surface area contributed by atoms with Gasteiger partial charge in [0, 0.05) is 12.6 Å². The molecule has 0 radical (unpaired) electrons. The van der Waals surface area contributed by atoms with Crippen LogP contribution in [0.5, 0.6) is 0 Å². The van der Waals surface area contributed by atoms with Gasteiger partial charge in [-0.05, 0) is 30.9 Å². The monoisotopic (exact) mass is 207 g/mol. The van der Waals surface area contributed by atoms with Gasteiger partial charge in [0.2, 0.25) is 0 Å². The minimum Gasteiger partial charge on any atom is -0.467 e. The van der Waals surface area contributed by atoms with Crippen LogP contribution < -0.4 is 5.32 Å². The molecule has 3 heteroatoms. The number of hydrogen-bond donors (Lipinski definition) is 1. The average Bonchev–Trinajstić information content (AvgIpc) is 2.88. The highest BCUT2D eigenvalue weighted by atomic mass is 16.5. The van der Waals surface area contributed by atoms with Gasteiger partial charge in [0.25, 0.3) is 0 Å². The molecule has 3 nitrogen and oxygen atoms in total. The van der Waals surface area contributed by atoms with Crippen LogP contribution in [0.2, 0.25) is 0 Å². The van der Waals surface area contributed by atoms with E-state index in [1.165, 1.54) is 19.3 Å². The van der Waals surface area contributed by atoms with Crippen molar-refractivity contribution in [3.05, 3.63) is 24.2 Å². The summed E-state index contributed by atoms with van der Waals surface area (Å²) in [6.07, 6.45) is 5.77. The van der Waals surface area contributed by atoms with E-state index >= 15 is 0 Å². The molecule has 2 heterocycles. The first kappa shape index (κ1) is 9.43. The summed E-state index contributed by atoms with van der Waals surface area (Å²) in [6.45, 7) is 1.76. The second kappa shape index (κ2) is 3.99. The molecular formula is C12H17NO2. The molecule has 1 saturated heterocycles. The van der Waals surface area contributed by atoms with E-state index in [0.717, 1.165) is 18.9 Å². The Morgan fingerprint density at radius 1 is 1.33 bits per heavy atom. The third-order valence-electron chi connectivity index (χ3n) is 3.60. The van der Waals surface area contributed by atoms with E-state index < -0.39 is 0 Å². The molecule has 0 amide bonds. The third kappa shape index (κ3) is 1.82. The molecule has 0 bridgehead atoms. The molecule has 1 aliphatic heterocycles. The van der Waals surface area contributed by atoms with Crippen LogP contribution in [0.25, 0.3) is 0 Å². The fraction of sp³-hybridized carbons (Fsp3) is 0.667. The number of rotatable bonds is 1. The Bertz CT molecular complexity index is 295. The number of nitrogens with one attached hydrogen (secondary N) is 1. The van der Waals surface area contributed by atoms with Crippen LogP contribution in [0, 0.1) is 5.92 Å². The molecule has 2 aliphatic rings. The van der Waals surface area contributed by atoms with Crippen molar-refractivity contribution in [1.82, 2.24) is 5.32 Å². The lowest BCUT2D eigenvalue weighted by Crippen LogP contribution is -2.32. The van der Waals surface area contributed by atoms with E-state index in [1.807, 2.05) is 12.1 Å². The smallest absolute Gasteiger partial charge is 0.133 e. The maximum absolute atomic E-state index is 5.90. The van der Waals surface area contributed by atoms with Gasteiger partial charge in [-0.3, -0.25) is 0 Å². The Hall–Kier alpha value is -0.800. The highest BCUT2D eigenvalue weighted by Crippen LogP contribution is 2.31. The highest BCUT2D eigenvalue weighted by molar-refractivity contribution is 5.04. The first-order chi connectivity index (χ1) is 7.43. The largest absolute Gasteiger partial charge is 0.467 e. The Morgan fingerprint density at radius 3 is 3.20 bits per heavy atom. The standard InChI is InChI=1S/C12H17NO2/c1-3-9-8-15-12(7-13-10(9)4-1)11-5-2-6-14-11/h2,5-6,9-10,12-13H,1,3-4,7-8H2. The lowest BCUT2D eigenvalue weighted by atomic mass is 10.1. The molecular weight excluding hydrogens is 190 g/mol. The van der Waals surface area contributed by atoms with E-state index in [2.05, 4.69) is 5.32 Å².